The van der Waals surface area contributed by atoms with Gasteiger partial charge in [0.25, 0.3) is 0 Å². The van der Waals surface area contributed by atoms with Crippen LogP contribution in [0.3, 0.4) is 0 Å². The summed E-state index contributed by atoms with van der Waals surface area (Å²) < 4.78 is 10.1. The topological polar surface area (TPSA) is 135 Å². The van der Waals surface area contributed by atoms with Gasteiger partial charge in [0.15, 0.2) is 0 Å². The molecule has 11 heteroatoms. The molecule has 1 amide bonds. The zero-order valence-electron chi connectivity index (χ0n) is 19.2. The summed E-state index contributed by atoms with van der Waals surface area (Å²) in [5.74, 6) is -2.54. The van der Waals surface area contributed by atoms with Crippen molar-refractivity contribution in [1.29, 1.82) is 0 Å². The van der Waals surface area contributed by atoms with Crippen LogP contribution in [0.1, 0.15) is 38.8 Å². The van der Waals surface area contributed by atoms with Crippen molar-refractivity contribution in [2.45, 2.75) is 39.8 Å². The van der Waals surface area contributed by atoms with Gasteiger partial charge in [0.05, 0.1) is 23.6 Å². The maximum atomic E-state index is 13.0. The van der Waals surface area contributed by atoms with E-state index in [1.54, 1.807) is 51.1 Å². The van der Waals surface area contributed by atoms with E-state index in [1.165, 1.54) is 19.2 Å². The Morgan fingerprint density at radius 1 is 1.18 bits per heavy atom. The van der Waals surface area contributed by atoms with E-state index in [0.717, 1.165) is 11.0 Å². The molecule has 170 valence electrons. The second-order valence-corrected chi connectivity index (χ2v) is 7.61. The molecule has 0 bridgehead atoms. The van der Waals surface area contributed by atoms with Gasteiger partial charge in [0, 0.05) is 6.20 Å². The van der Waals surface area contributed by atoms with Crippen molar-refractivity contribution in [3.8, 4) is 0 Å². The molecule has 1 heterocycles. The zero-order valence-corrected chi connectivity index (χ0v) is 22.4. The number of nitrogens with zero attached hydrogens (tertiary/aromatic N) is 3. The summed E-state index contributed by atoms with van der Waals surface area (Å²) in [5.41, 5.74) is -1.01. The molecule has 2 aromatic rings. The van der Waals surface area contributed by atoms with E-state index in [1.807, 2.05) is 0 Å². The number of aromatic nitrogens is 1. The maximum absolute atomic E-state index is 13.0. The molecule has 0 unspecified atom stereocenters. The van der Waals surface area contributed by atoms with E-state index in [9.17, 15) is 24.8 Å². The number of esters is 1. The van der Waals surface area contributed by atoms with Crippen LogP contribution < -0.4 is 61.4 Å². The van der Waals surface area contributed by atoms with Gasteiger partial charge in [-0.1, -0.05) is 30.3 Å². The smallest absolute Gasteiger partial charge is 0.868 e. The van der Waals surface area contributed by atoms with E-state index in [4.69, 9.17) is 4.74 Å². The Labute approximate surface area is 234 Å². The van der Waals surface area contributed by atoms with Gasteiger partial charge in [-0.05, 0) is 51.2 Å². The van der Waals surface area contributed by atoms with Gasteiger partial charge in [-0.25, -0.2) is 14.6 Å². The molecule has 1 aromatic carbocycles. The Kier molecular flexibility index (Phi) is 11.1. The predicted octanol–water partition coefficient (Wildman–Crippen LogP) is 0.200. The predicted molar refractivity (Wildman–Crippen MR) is 114 cm³/mol. The molecule has 0 radical (unpaired) electrons. The first-order chi connectivity index (χ1) is 15.0. The van der Waals surface area contributed by atoms with Gasteiger partial charge in [0.1, 0.15) is 5.60 Å². The number of carbonyl (C=O) groups excluding carboxylic acids is 2. The van der Waals surface area contributed by atoms with Gasteiger partial charge in [0.2, 0.25) is 5.82 Å². The van der Waals surface area contributed by atoms with E-state index in [-0.39, 0.29) is 75.9 Å². The summed E-state index contributed by atoms with van der Waals surface area (Å²) in [6.45, 7) is 6.42. The summed E-state index contributed by atoms with van der Waals surface area (Å²) in [7, 11) is 0. The normalized spacial score (nSPS) is 11.2. The number of hydrogen-bond acceptors (Lipinski definition) is 8. The molecule has 0 spiro atoms. The molecule has 0 saturated carbocycles. The summed E-state index contributed by atoms with van der Waals surface area (Å²) in [5, 5.41) is 24.0. The monoisotopic (exact) mass is 481 g/mol. The average molecular weight is 482 g/mol. The van der Waals surface area contributed by atoms with Crippen LogP contribution in [0.5, 0.6) is 0 Å². The van der Waals surface area contributed by atoms with Crippen LogP contribution >= 0.6 is 0 Å². The van der Waals surface area contributed by atoms with Crippen molar-refractivity contribution < 1.29 is 80.5 Å². The number of ether oxygens (including phenoxy) is 2. The molecule has 0 aliphatic carbocycles. The van der Waals surface area contributed by atoms with E-state index in [2.05, 4.69) is 9.72 Å². The van der Waals surface area contributed by atoms with Crippen LogP contribution in [0, 0.1) is 10.1 Å². The van der Waals surface area contributed by atoms with Gasteiger partial charge < -0.3 is 14.6 Å². The molecule has 2 rings (SSSR count). The first-order valence-corrected chi connectivity index (χ1v) is 9.77. The van der Waals surface area contributed by atoms with Crippen LogP contribution in [0.25, 0.3) is 6.08 Å². The standard InChI is InChI=1S/C22H25N3O7.K/c1-5-31-20(27)17(26)13-16-11-12-23-19(18(16)25(29)30)24(21(28)32-22(2,3)4)14-15-9-7-6-8-10-15;/h6-13,26H,5,14H2,1-4H3;/q;+1/p-1. The number of pyridine rings is 1. The third-order valence-corrected chi connectivity index (χ3v) is 3.94. The molecule has 33 heavy (non-hydrogen) atoms. The Bertz CT molecular complexity index is 1020. The third kappa shape index (κ3) is 8.52. The fourth-order valence-electron chi connectivity index (χ4n) is 2.67. The Balaban J connectivity index is 0.00000544. The second kappa shape index (κ2) is 12.8. The maximum Gasteiger partial charge on any atom is 1.00 e. The van der Waals surface area contributed by atoms with Crippen LogP contribution in [0.4, 0.5) is 16.3 Å². The number of hydrogen-bond donors (Lipinski definition) is 0. The summed E-state index contributed by atoms with van der Waals surface area (Å²) in [4.78, 5) is 40.8. The molecule has 0 atom stereocenters. The van der Waals surface area contributed by atoms with Crippen LogP contribution in [0.2, 0.25) is 0 Å². The number of rotatable bonds is 7. The van der Waals surface area contributed by atoms with Gasteiger partial charge in [-0.15, -0.1) is 0 Å². The number of nitro groups is 1. The van der Waals surface area contributed by atoms with Crippen molar-refractivity contribution in [2.75, 3.05) is 11.5 Å². The molecule has 0 aliphatic rings. The first-order valence-electron chi connectivity index (χ1n) is 9.77. The van der Waals surface area contributed by atoms with Crippen molar-refractivity contribution in [1.82, 2.24) is 4.98 Å². The zero-order chi connectivity index (χ0) is 23.9. The molecule has 0 fully saturated rings. The Hall–Kier alpha value is -2.31. The Morgan fingerprint density at radius 3 is 2.36 bits per heavy atom. The minimum atomic E-state index is -1.14. The van der Waals surface area contributed by atoms with E-state index in [0.29, 0.717) is 5.56 Å². The van der Waals surface area contributed by atoms with Crippen molar-refractivity contribution in [3.05, 3.63) is 69.6 Å². The molecule has 1 aromatic heterocycles. The molecule has 0 aliphatic heterocycles. The SMILES string of the molecule is CCOC(=O)C([O-])=Cc1ccnc(N(Cc2ccccc2)C(=O)OC(C)(C)C)c1[N+](=O)[O-].[K+]. The minimum absolute atomic E-state index is 0. The fourth-order valence-corrected chi connectivity index (χ4v) is 2.67. The Morgan fingerprint density at radius 2 is 1.82 bits per heavy atom. The van der Waals surface area contributed by atoms with Crippen molar-refractivity contribution >= 4 is 29.6 Å². The summed E-state index contributed by atoms with van der Waals surface area (Å²) in [6, 6.07) is 9.99. The molecule has 0 saturated heterocycles. The van der Waals surface area contributed by atoms with Gasteiger partial charge >= 0.3 is 69.1 Å². The van der Waals surface area contributed by atoms with Gasteiger partial charge in [-0.2, -0.15) is 0 Å². The molecule has 10 nitrogen and oxygen atoms in total. The van der Waals surface area contributed by atoms with E-state index >= 15 is 0 Å². The van der Waals surface area contributed by atoms with Gasteiger partial charge in [-0.3, -0.25) is 15.0 Å². The summed E-state index contributed by atoms with van der Waals surface area (Å²) in [6.07, 6.45) is 1.14. The number of anilines is 1. The van der Waals surface area contributed by atoms with Crippen LogP contribution in [-0.2, 0) is 20.8 Å². The number of amides is 1. The molecular formula is C22H24KN3O7. The molecular weight excluding hydrogens is 457 g/mol. The largest absolute Gasteiger partial charge is 1.00 e. The van der Waals surface area contributed by atoms with E-state index < -0.39 is 34.0 Å². The van der Waals surface area contributed by atoms with Crippen molar-refractivity contribution in [3.63, 3.8) is 0 Å². The summed E-state index contributed by atoms with van der Waals surface area (Å²) >= 11 is 0. The third-order valence-electron chi connectivity index (χ3n) is 3.94. The quantitative estimate of drug-likeness (QED) is 0.137. The van der Waals surface area contributed by atoms with Crippen LogP contribution in [0.15, 0.2) is 48.4 Å². The second-order valence-electron chi connectivity index (χ2n) is 7.61. The fraction of sp³-hybridized carbons (Fsp3) is 0.318. The van der Waals surface area contributed by atoms with Crippen molar-refractivity contribution in [2.24, 2.45) is 0 Å². The number of carbonyl (C=O) groups is 2. The number of benzene rings is 1. The van der Waals surface area contributed by atoms with Crippen LogP contribution in [-0.4, -0.2) is 34.2 Å². The first kappa shape index (κ1) is 28.7. The molecule has 0 N–H and O–H groups in total. The average Bonchev–Trinajstić information content (AvgIpc) is 2.71. The minimum Gasteiger partial charge on any atom is -0.868 e.